The average molecular weight is 168 g/mol. The maximum absolute atomic E-state index is 7.55. The van der Waals surface area contributed by atoms with E-state index >= 15 is 0 Å². The lowest BCUT2D eigenvalue weighted by molar-refractivity contribution is 0.605. The Kier molecular flexibility index (Phi) is 2.65. The molecule has 0 aliphatic carbocycles. The van der Waals surface area contributed by atoms with Gasteiger partial charge in [-0.3, -0.25) is 5.41 Å². The maximum Gasteiger partial charge on any atom is 0.101 e. The van der Waals surface area contributed by atoms with Gasteiger partial charge in [0.2, 0.25) is 0 Å². The lowest BCUT2D eigenvalue weighted by Gasteiger charge is -2.11. The van der Waals surface area contributed by atoms with E-state index in [0.717, 1.165) is 6.42 Å². The lowest BCUT2D eigenvalue weighted by Crippen LogP contribution is -2.22. The number of nitrogens with zero attached hydrogens (tertiary/aromatic N) is 1. The molecule has 1 aromatic rings. The van der Waals surface area contributed by atoms with Crippen LogP contribution in [-0.2, 0) is 6.42 Å². The first kappa shape index (κ1) is 8.27. The zero-order valence-electron chi connectivity index (χ0n) is 6.79. The SMILES string of the molecule is CN(C)C(=N)Cc1cccs1. The molecule has 1 aromatic heterocycles. The normalized spacial score (nSPS) is 9.64. The number of nitrogens with one attached hydrogen (secondary N) is 1. The van der Waals surface area contributed by atoms with Crippen molar-refractivity contribution in [3.05, 3.63) is 22.4 Å². The quantitative estimate of drug-likeness (QED) is 0.529. The number of hydrogen-bond acceptors (Lipinski definition) is 2. The van der Waals surface area contributed by atoms with Crippen molar-refractivity contribution in [1.29, 1.82) is 5.41 Å². The Morgan fingerprint density at radius 3 is 2.82 bits per heavy atom. The smallest absolute Gasteiger partial charge is 0.101 e. The fraction of sp³-hybridized carbons (Fsp3) is 0.375. The highest BCUT2D eigenvalue weighted by Gasteiger charge is 2.00. The van der Waals surface area contributed by atoms with Crippen molar-refractivity contribution >= 4 is 17.2 Å². The molecule has 11 heavy (non-hydrogen) atoms. The number of likely N-dealkylation sites (N-methyl/N-ethyl adjacent to an activating group) is 1. The van der Waals surface area contributed by atoms with E-state index < -0.39 is 0 Å². The molecule has 0 saturated heterocycles. The van der Waals surface area contributed by atoms with Crippen molar-refractivity contribution in [2.75, 3.05) is 14.1 Å². The topological polar surface area (TPSA) is 27.1 Å². The molecule has 2 nitrogen and oxygen atoms in total. The summed E-state index contributed by atoms with van der Waals surface area (Å²) in [7, 11) is 3.80. The van der Waals surface area contributed by atoms with Gasteiger partial charge in [0.1, 0.15) is 5.84 Å². The van der Waals surface area contributed by atoms with Crippen LogP contribution < -0.4 is 0 Å². The van der Waals surface area contributed by atoms with Gasteiger partial charge in [0, 0.05) is 25.4 Å². The second-order valence-electron chi connectivity index (χ2n) is 2.60. The van der Waals surface area contributed by atoms with Gasteiger partial charge in [-0.15, -0.1) is 11.3 Å². The van der Waals surface area contributed by atoms with Crippen LogP contribution in [-0.4, -0.2) is 24.8 Å². The van der Waals surface area contributed by atoms with Crippen molar-refractivity contribution in [2.45, 2.75) is 6.42 Å². The summed E-state index contributed by atoms with van der Waals surface area (Å²) >= 11 is 1.70. The zero-order chi connectivity index (χ0) is 8.27. The van der Waals surface area contributed by atoms with Crippen LogP contribution in [0.25, 0.3) is 0 Å². The summed E-state index contributed by atoms with van der Waals surface area (Å²) in [5.74, 6) is 0.660. The highest BCUT2D eigenvalue weighted by Crippen LogP contribution is 2.09. The van der Waals surface area contributed by atoms with Crippen LogP contribution in [0.5, 0.6) is 0 Å². The molecule has 0 aliphatic heterocycles. The predicted octanol–water partition coefficient (Wildman–Crippen LogP) is 1.83. The molecule has 1 N–H and O–H groups in total. The van der Waals surface area contributed by atoms with Crippen molar-refractivity contribution in [2.24, 2.45) is 0 Å². The first-order valence-corrected chi connectivity index (χ1v) is 4.35. The summed E-state index contributed by atoms with van der Waals surface area (Å²) in [5, 5.41) is 9.59. The van der Waals surface area contributed by atoms with Gasteiger partial charge >= 0.3 is 0 Å². The van der Waals surface area contributed by atoms with Crippen LogP contribution in [0.2, 0.25) is 0 Å². The highest BCUT2D eigenvalue weighted by molar-refractivity contribution is 7.10. The molecule has 0 spiro atoms. The second-order valence-corrected chi connectivity index (χ2v) is 3.63. The molecule has 60 valence electrons. The van der Waals surface area contributed by atoms with Gasteiger partial charge in [-0.1, -0.05) is 6.07 Å². The molecule has 1 rings (SSSR count). The molecule has 0 fully saturated rings. The third-order valence-corrected chi connectivity index (χ3v) is 2.34. The minimum absolute atomic E-state index is 0.660. The van der Waals surface area contributed by atoms with Gasteiger partial charge in [0.15, 0.2) is 0 Å². The van der Waals surface area contributed by atoms with Gasteiger partial charge in [-0.05, 0) is 11.4 Å². The standard InChI is InChI=1S/C8H12N2S/c1-10(2)8(9)6-7-4-3-5-11-7/h3-5,9H,6H2,1-2H3. The number of thiophene rings is 1. The minimum Gasteiger partial charge on any atom is -0.366 e. The van der Waals surface area contributed by atoms with Crippen LogP contribution in [0.15, 0.2) is 17.5 Å². The van der Waals surface area contributed by atoms with Crippen molar-refractivity contribution in [3.8, 4) is 0 Å². The molecular formula is C8H12N2S. The van der Waals surface area contributed by atoms with Crippen LogP contribution in [0, 0.1) is 5.41 Å². The van der Waals surface area contributed by atoms with E-state index in [4.69, 9.17) is 5.41 Å². The van der Waals surface area contributed by atoms with Crippen molar-refractivity contribution in [1.82, 2.24) is 4.90 Å². The van der Waals surface area contributed by atoms with Crippen LogP contribution in [0.1, 0.15) is 4.88 Å². The predicted molar refractivity (Wildman–Crippen MR) is 49.4 cm³/mol. The van der Waals surface area contributed by atoms with Gasteiger partial charge in [0.25, 0.3) is 0 Å². The summed E-state index contributed by atoms with van der Waals surface area (Å²) in [5.41, 5.74) is 0. The Labute approximate surface area is 71.0 Å². The molecule has 0 aromatic carbocycles. The summed E-state index contributed by atoms with van der Waals surface area (Å²) in [6, 6.07) is 4.08. The number of rotatable bonds is 2. The van der Waals surface area contributed by atoms with Gasteiger partial charge in [-0.25, -0.2) is 0 Å². The van der Waals surface area contributed by atoms with Crippen LogP contribution in [0.4, 0.5) is 0 Å². The van der Waals surface area contributed by atoms with E-state index in [9.17, 15) is 0 Å². The van der Waals surface area contributed by atoms with Crippen molar-refractivity contribution < 1.29 is 0 Å². The monoisotopic (exact) mass is 168 g/mol. The number of amidine groups is 1. The molecule has 0 bridgehead atoms. The molecule has 0 radical (unpaired) electrons. The largest absolute Gasteiger partial charge is 0.366 e. The van der Waals surface area contributed by atoms with Gasteiger partial charge in [0.05, 0.1) is 0 Å². The van der Waals surface area contributed by atoms with E-state index in [1.165, 1.54) is 4.88 Å². The first-order chi connectivity index (χ1) is 5.20. The fourth-order valence-corrected chi connectivity index (χ4v) is 1.45. The molecule has 0 unspecified atom stereocenters. The molecule has 1 heterocycles. The Morgan fingerprint density at radius 2 is 2.36 bits per heavy atom. The molecule has 3 heteroatoms. The summed E-state index contributed by atoms with van der Waals surface area (Å²) in [4.78, 5) is 3.09. The summed E-state index contributed by atoms with van der Waals surface area (Å²) in [6.07, 6.45) is 0.755. The Hall–Kier alpha value is -0.830. The van der Waals surface area contributed by atoms with E-state index in [0.29, 0.717) is 5.84 Å². The first-order valence-electron chi connectivity index (χ1n) is 3.47. The van der Waals surface area contributed by atoms with E-state index in [1.54, 1.807) is 11.3 Å². The molecule has 0 saturated carbocycles. The second kappa shape index (κ2) is 3.53. The highest BCUT2D eigenvalue weighted by atomic mass is 32.1. The molecule has 0 amide bonds. The van der Waals surface area contributed by atoms with Gasteiger partial charge < -0.3 is 4.90 Å². The summed E-state index contributed by atoms with van der Waals surface area (Å²) < 4.78 is 0. The Bertz CT molecular complexity index is 226. The lowest BCUT2D eigenvalue weighted by atomic mass is 10.3. The van der Waals surface area contributed by atoms with E-state index in [1.807, 2.05) is 30.4 Å². The van der Waals surface area contributed by atoms with E-state index in [2.05, 4.69) is 6.07 Å². The maximum atomic E-state index is 7.55. The van der Waals surface area contributed by atoms with Crippen LogP contribution in [0.3, 0.4) is 0 Å². The molecule has 0 atom stereocenters. The number of hydrogen-bond donors (Lipinski definition) is 1. The average Bonchev–Trinajstić information content (AvgIpc) is 2.39. The Morgan fingerprint density at radius 1 is 1.64 bits per heavy atom. The zero-order valence-corrected chi connectivity index (χ0v) is 7.61. The fourth-order valence-electron chi connectivity index (χ4n) is 0.736. The molecule has 0 aliphatic rings. The van der Waals surface area contributed by atoms with Crippen LogP contribution >= 0.6 is 11.3 Å². The third kappa shape index (κ3) is 2.35. The third-order valence-electron chi connectivity index (χ3n) is 1.46. The van der Waals surface area contributed by atoms with Crippen molar-refractivity contribution in [3.63, 3.8) is 0 Å². The molecular weight excluding hydrogens is 156 g/mol. The van der Waals surface area contributed by atoms with E-state index in [-0.39, 0.29) is 0 Å². The summed E-state index contributed by atoms with van der Waals surface area (Å²) in [6.45, 7) is 0. The minimum atomic E-state index is 0.660. The van der Waals surface area contributed by atoms with Gasteiger partial charge in [-0.2, -0.15) is 0 Å². The Balaban J connectivity index is 2.50.